The maximum Gasteiger partial charge on any atom is 0.149 e. The molecule has 1 N–H and O–H groups in total. The minimum absolute atomic E-state index is 0.292. The highest BCUT2D eigenvalue weighted by Gasteiger charge is 1.93. The lowest BCUT2D eigenvalue weighted by Gasteiger charge is -1.98. The van der Waals surface area contributed by atoms with Gasteiger partial charge in [0.2, 0.25) is 0 Å². The maximum absolute atomic E-state index is 10.4. The number of hydrogen-bond acceptors (Lipinski definition) is 2. The molecule has 12 heavy (non-hydrogen) atoms. The molecule has 0 aliphatic heterocycles. The molecule has 0 aromatic carbocycles. The summed E-state index contributed by atoms with van der Waals surface area (Å²) in [6.45, 7) is 3.61. The van der Waals surface area contributed by atoms with Gasteiger partial charge in [0, 0.05) is 5.57 Å². The van der Waals surface area contributed by atoms with E-state index >= 15 is 0 Å². The van der Waals surface area contributed by atoms with Crippen LogP contribution in [0.15, 0.2) is 23.8 Å². The number of allylic oxidation sites excluding steroid dienone is 4. The quantitative estimate of drug-likeness (QED) is 0.386. The van der Waals surface area contributed by atoms with Gasteiger partial charge in [0.15, 0.2) is 0 Å². The Morgan fingerprint density at radius 1 is 1.58 bits per heavy atom. The van der Waals surface area contributed by atoms with E-state index in [1.54, 1.807) is 13.0 Å². The molecular formula is C10H16O2. The first-order valence-electron chi connectivity index (χ1n) is 4.16. The molecule has 2 heteroatoms. The number of aliphatic hydroxyl groups excluding tert-OH is 1. The van der Waals surface area contributed by atoms with E-state index in [2.05, 4.69) is 0 Å². The Kier molecular flexibility index (Phi) is 6.29. The molecule has 0 saturated carbocycles. The second-order valence-electron chi connectivity index (χ2n) is 2.75. The van der Waals surface area contributed by atoms with E-state index in [0.717, 1.165) is 12.7 Å². The zero-order chi connectivity index (χ0) is 9.40. The number of rotatable bonds is 5. The van der Waals surface area contributed by atoms with Gasteiger partial charge in [0.25, 0.3) is 0 Å². The van der Waals surface area contributed by atoms with E-state index in [1.165, 1.54) is 0 Å². The zero-order valence-corrected chi connectivity index (χ0v) is 7.66. The van der Waals surface area contributed by atoms with Gasteiger partial charge in [-0.2, -0.15) is 0 Å². The zero-order valence-electron chi connectivity index (χ0n) is 7.66. The Labute approximate surface area is 73.6 Å². The molecule has 0 aliphatic carbocycles. The third-order valence-electron chi connectivity index (χ3n) is 1.46. The van der Waals surface area contributed by atoms with E-state index < -0.39 is 0 Å². The van der Waals surface area contributed by atoms with Gasteiger partial charge in [-0.1, -0.05) is 18.2 Å². The van der Waals surface area contributed by atoms with Gasteiger partial charge in [-0.15, -0.1) is 0 Å². The van der Waals surface area contributed by atoms with Crippen LogP contribution in [-0.4, -0.2) is 17.5 Å². The van der Waals surface area contributed by atoms with Crippen LogP contribution in [0, 0.1) is 0 Å². The highest BCUT2D eigenvalue weighted by molar-refractivity contribution is 5.77. The lowest BCUT2D eigenvalue weighted by Crippen LogP contribution is -1.97. The molecule has 0 fully saturated rings. The average Bonchev–Trinajstić information content (AvgIpc) is 2.02. The Balaban J connectivity index is 3.86. The maximum atomic E-state index is 10.4. The van der Waals surface area contributed by atoms with Crippen LogP contribution >= 0.6 is 0 Å². The Morgan fingerprint density at radius 2 is 2.25 bits per heavy atom. The first-order chi connectivity index (χ1) is 5.70. The van der Waals surface area contributed by atoms with Gasteiger partial charge in [0.05, 0.1) is 6.10 Å². The first kappa shape index (κ1) is 11.1. The van der Waals surface area contributed by atoms with Gasteiger partial charge >= 0.3 is 0 Å². The monoisotopic (exact) mass is 168 g/mol. The summed E-state index contributed by atoms with van der Waals surface area (Å²) in [6, 6.07) is 0. The van der Waals surface area contributed by atoms with Gasteiger partial charge in [0.1, 0.15) is 6.29 Å². The van der Waals surface area contributed by atoms with Crippen LogP contribution in [-0.2, 0) is 4.79 Å². The molecule has 0 heterocycles. The molecule has 0 radical (unpaired) electrons. The molecular weight excluding hydrogens is 152 g/mol. The fourth-order valence-electron chi connectivity index (χ4n) is 0.839. The molecule has 0 saturated heterocycles. The molecule has 0 spiro atoms. The Bertz CT molecular complexity index is 178. The van der Waals surface area contributed by atoms with Crippen molar-refractivity contribution in [2.45, 2.75) is 32.8 Å². The number of aldehydes is 1. The van der Waals surface area contributed by atoms with Gasteiger partial charge in [-0.3, -0.25) is 4.79 Å². The molecule has 0 aromatic heterocycles. The summed E-state index contributed by atoms with van der Waals surface area (Å²) in [5.41, 5.74) is 0.679. The van der Waals surface area contributed by atoms with E-state index in [9.17, 15) is 4.79 Å². The molecule has 0 aromatic rings. The van der Waals surface area contributed by atoms with Crippen molar-refractivity contribution in [1.29, 1.82) is 0 Å². The third kappa shape index (κ3) is 5.86. The number of aliphatic hydroxyl groups is 1. The van der Waals surface area contributed by atoms with E-state index in [4.69, 9.17) is 5.11 Å². The molecule has 0 amide bonds. The van der Waals surface area contributed by atoms with Gasteiger partial charge in [-0.25, -0.2) is 0 Å². The average molecular weight is 168 g/mol. The van der Waals surface area contributed by atoms with Crippen LogP contribution in [0.2, 0.25) is 0 Å². The lowest BCUT2D eigenvalue weighted by molar-refractivity contribution is -0.104. The van der Waals surface area contributed by atoms with Crippen LogP contribution in [0.1, 0.15) is 26.7 Å². The SMILES string of the molecule is C/C=C/C(C=O)=C/CCC(C)O. The van der Waals surface area contributed by atoms with Crippen molar-refractivity contribution in [2.75, 3.05) is 0 Å². The van der Waals surface area contributed by atoms with E-state index in [0.29, 0.717) is 12.0 Å². The number of hydrogen-bond donors (Lipinski definition) is 1. The van der Waals surface area contributed by atoms with Gasteiger partial charge in [-0.05, 0) is 26.7 Å². The van der Waals surface area contributed by atoms with Crippen LogP contribution in [0.3, 0.4) is 0 Å². The minimum atomic E-state index is -0.292. The second kappa shape index (κ2) is 6.80. The van der Waals surface area contributed by atoms with E-state index in [-0.39, 0.29) is 6.10 Å². The predicted octanol–water partition coefficient (Wildman–Crippen LogP) is 1.85. The van der Waals surface area contributed by atoms with E-state index in [1.807, 2.05) is 19.1 Å². The van der Waals surface area contributed by atoms with Gasteiger partial charge < -0.3 is 5.11 Å². The largest absolute Gasteiger partial charge is 0.393 e. The predicted molar refractivity (Wildman–Crippen MR) is 49.9 cm³/mol. The van der Waals surface area contributed by atoms with Crippen molar-refractivity contribution >= 4 is 6.29 Å². The summed E-state index contributed by atoms with van der Waals surface area (Å²) >= 11 is 0. The molecule has 1 atom stereocenters. The lowest BCUT2D eigenvalue weighted by atomic mass is 10.1. The third-order valence-corrected chi connectivity index (χ3v) is 1.46. The van der Waals surface area contributed by atoms with Crippen molar-refractivity contribution in [3.63, 3.8) is 0 Å². The molecule has 68 valence electrons. The fourth-order valence-corrected chi connectivity index (χ4v) is 0.839. The Hall–Kier alpha value is -0.890. The molecule has 0 rings (SSSR count). The normalized spacial score (nSPS) is 15.1. The summed E-state index contributed by atoms with van der Waals surface area (Å²) in [7, 11) is 0. The summed E-state index contributed by atoms with van der Waals surface area (Å²) in [5.74, 6) is 0. The number of carbonyl (C=O) groups excluding carboxylic acids is 1. The first-order valence-corrected chi connectivity index (χ1v) is 4.16. The molecule has 2 nitrogen and oxygen atoms in total. The fraction of sp³-hybridized carbons (Fsp3) is 0.500. The minimum Gasteiger partial charge on any atom is -0.393 e. The van der Waals surface area contributed by atoms with Crippen molar-refractivity contribution in [3.05, 3.63) is 23.8 Å². The summed E-state index contributed by atoms with van der Waals surface area (Å²) in [6.07, 6.45) is 7.39. The van der Waals surface area contributed by atoms with Crippen LogP contribution in [0.5, 0.6) is 0 Å². The van der Waals surface area contributed by atoms with Crippen molar-refractivity contribution in [1.82, 2.24) is 0 Å². The smallest absolute Gasteiger partial charge is 0.149 e. The van der Waals surface area contributed by atoms with Crippen LogP contribution in [0.25, 0.3) is 0 Å². The molecule has 1 unspecified atom stereocenters. The van der Waals surface area contributed by atoms with Crippen LogP contribution < -0.4 is 0 Å². The molecule has 0 aliphatic rings. The van der Waals surface area contributed by atoms with Crippen molar-refractivity contribution in [3.8, 4) is 0 Å². The standard InChI is InChI=1S/C10H16O2/c1-3-5-10(8-11)7-4-6-9(2)12/h3,5,7-9,12H,4,6H2,1-2H3/b5-3+,10-7-. The highest BCUT2D eigenvalue weighted by atomic mass is 16.3. The van der Waals surface area contributed by atoms with Crippen LogP contribution in [0.4, 0.5) is 0 Å². The number of carbonyl (C=O) groups is 1. The topological polar surface area (TPSA) is 37.3 Å². The summed E-state index contributed by atoms with van der Waals surface area (Å²) < 4.78 is 0. The second-order valence-corrected chi connectivity index (χ2v) is 2.75. The molecule has 0 bridgehead atoms. The van der Waals surface area contributed by atoms with Crippen molar-refractivity contribution < 1.29 is 9.90 Å². The Morgan fingerprint density at radius 3 is 2.67 bits per heavy atom. The summed E-state index contributed by atoms with van der Waals surface area (Å²) in [4.78, 5) is 10.4. The van der Waals surface area contributed by atoms with Crippen molar-refractivity contribution in [2.24, 2.45) is 0 Å². The highest BCUT2D eigenvalue weighted by Crippen LogP contribution is 2.01. The summed E-state index contributed by atoms with van der Waals surface area (Å²) in [5, 5.41) is 8.93.